The van der Waals surface area contributed by atoms with Crippen LogP contribution in [0.1, 0.15) is 13.3 Å². The Balaban J connectivity index is 2.11. The number of rotatable bonds is 3. The Morgan fingerprint density at radius 2 is 2.22 bits per heavy atom. The molecule has 0 bridgehead atoms. The summed E-state index contributed by atoms with van der Waals surface area (Å²) >= 11 is 0. The molecule has 1 rings (SSSR count). The van der Waals surface area contributed by atoms with Crippen molar-refractivity contribution in [1.82, 2.24) is 0 Å². The highest BCUT2D eigenvalue weighted by molar-refractivity contribution is 4.86. The highest BCUT2D eigenvalue weighted by Crippen LogP contribution is 2.25. The third kappa shape index (κ3) is 1.64. The fourth-order valence-corrected chi connectivity index (χ4v) is 0.903. The van der Waals surface area contributed by atoms with Crippen LogP contribution in [0.2, 0.25) is 0 Å². The van der Waals surface area contributed by atoms with Gasteiger partial charge in [0.25, 0.3) is 0 Å². The highest BCUT2D eigenvalue weighted by Gasteiger charge is 2.39. The first-order valence-corrected chi connectivity index (χ1v) is 3.20. The topological polar surface area (TPSA) is 53.0 Å². The van der Waals surface area contributed by atoms with Crippen molar-refractivity contribution in [2.45, 2.75) is 31.7 Å². The Labute approximate surface area is 54.3 Å². The zero-order valence-electron chi connectivity index (χ0n) is 5.45. The van der Waals surface area contributed by atoms with Gasteiger partial charge in [-0.05, 0) is 13.3 Å². The second-order valence-corrected chi connectivity index (χ2v) is 2.39. The Morgan fingerprint density at radius 1 is 1.67 bits per heavy atom. The van der Waals surface area contributed by atoms with E-state index in [4.69, 9.17) is 14.9 Å². The van der Waals surface area contributed by atoms with E-state index in [0.717, 1.165) is 0 Å². The van der Waals surface area contributed by atoms with E-state index in [1.54, 1.807) is 0 Å². The van der Waals surface area contributed by atoms with E-state index in [-0.39, 0.29) is 18.8 Å². The first-order valence-electron chi connectivity index (χ1n) is 3.20. The maximum absolute atomic E-state index is 9.07. The molecular formula is C6H12O3. The van der Waals surface area contributed by atoms with Gasteiger partial charge in [0.1, 0.15) is 6.10 Å². The van der Waals surface area contributed by atoms with Gasteiger partial charge in [-0.25, -0.2) is 0 Å². The molecule has 2 N–H and O–H groups in total. The minimum Gasteiger partial charge on any atom is -0.396 e. The van der Waals surface area contributed by atoms with Gasteiger partial charge in [-0.2, -0.15) is 0 Å². The minimum absolute atomic E-state index is 0.0165. The van der Waals surface area contributed by atoms with Gasteiger partial charge >= 0.3 is 0 Å². The highest BCUT2D eigenvalue weighted by atomic mass is 16.6. The normalized spacial score (nSPS) is 36.3. The molecule has 0 aromatic carbocycles. The van der Waals surface area contributed by atoms with Crippen molar-refractivity contribution < 1.29 is 14.9 Å². The standard InChI is InChI=1S/C6H12O3/c1-4-6(9-4)5(8)2-3-7/h4-8H,2-3H2,1H3/t4-,5-,6-/m0/s1. The van der Waals surface area contributed by atoms with Crippen LogP contribution in [0.3, 0.4) is 0 Å². The van der Waals surface area contributed by atoms with Crippen LogP contribution >= 0.6 is 0 Å². The molecule has 0 radical (unpaired) electrons. The fourth-order valence-electron chi connectivity index (χ4n) is 0.903. The summed E-state index contributed by atoms with van der Waals surface area (Å²) < 4.78 is 4.97. The lowest BCUT2D eigenvalue weighted by Gasteiger charge is -2.02. The molecule has 1 heterocycles. The quantitative estimate of drug-likeness (QED) is 0.510. The maximum Gasteiger partial charge on any atom is 0.110 e. The molecule has 0 aromatic rings. The second-order valence-electron chi connectivity index (χ2n) is 2.39. The van der Waals surface area contributed by atoms with E-state index in [2.05, 4.69) is 0 Å². The predicted octanol–water partition coefficient (Wildman–Crippen LogP) is -0.483. The molecule has 1 fully saturated rings. The van der Waals surface area contributed by atoms with Gasteiger partial charge in [-0.1, -0.05) is 0 Å². The summed E-state index contributed by atoms with van der Waals surface area (Å²) in [5.41, 5.74) is 0. The van der Waals surface area contributed by atoms with Crippen molar-refractivity contribution in [2.75, 3.05) is 6.61 Å². The zero-order valence-corrected chi connectivity index (χ0v) is 5.45. The molecular weight excluding hydrogens is 120 g/mol. The first kappa shape index (κ1) is 6.99. The minimum atomic E-state index is -0.468. The average molecular weight is 132 g/mol. The third-order valence-corrected chi connectivity index (χ3v) is 1.56. The lowest BCUT2D eigenvalue weighted by atomic mass is 10.1. The molecule has 0 unspecified atom stereocenters. The van der Waals surface area contributed by atoms with Gasteiger partial charge in [-0.15, -0.1) is 0 Å². The summed E-state index contributed by atoms with van der Waals surface area (Å²) in [5.74, 6) is 0. The van der Waals surface area contributed by atoms with Gasteiger partial charge in [0.2, 0.25) is 0 Å². The largest absolute Gasteiger partial charge is 0.396 e. The lowest BCUT2D eigenvalue weighted by molar-refractivity contribution is 0.103. The number of ether oxygens (including phenoxy) is 1. The molecule has 0 aromatic heterocycles. The van der Waals surface area contributed by atoms with Crippen LogP contribution in [0.15, 0.2) is 0 Å². The number of hydrogen-bond acceptors (Lipinski definition) is 3. The van der Waals surface area contributed by atoms with E-state index in [9.17, 15) is 0 Å². The van der Waals surface area contributed by atoms with Crippen molar-refractivity contribution in [1.29, 1.82) is 0 Å². The van der Waals surface area contributed by atoms with Crippen LogP contribution in [0.5, 0.6) is 0 Å². The van der Waals surface area contributed by atoms with E-state index in [1.807, 2.05) is 6.92 Å². The van der Waals surface area contributed by atoms with Crippen LogP contribution in [-0.2, 0) is 4.74 Å². The number of epoxide rings is 1. The molecule has 9 heavy (non-hydrogen) atoms. The van der Waals surface area contributed by atoms with E-state index in [0.29, 0.717) is 6.42 Å². The molecule has 1 aliphatic rings. The fraction of sp³-hybridized carbons (Fsp3) is 1.00. The Hall–Kier alpha value is -0.120. The van der Waals surface area contributed by atoms with E-state index in [1.165, 1.54) is 0 Å². The van der Waals surface area contributed by atoms with Crippen LogP contribution in [0, 0.1) is 0 Å². The van der Waals surface area contributed by atoms with Crippen molar-refractivity contribution in [3.8, 4) is 0 Å². The SMILES string of the molecule is C[C@@H]1O[C@@H]1[C@@H](O)CCO. The monoisotopic (exact) mass is 132 g/mol. The van der Waals surface area contributed by atoms with Crippen LogP contribution < -0.4 is 0 Å². The number of aliphatic hydroxyl groups is 2. The molecule has 3 nitrogen and oxygen atoms in total. The molecule has 0 saturated carbocycles. The molecule has 3 heteroatoms. The lowest BCUT2D eigenvalue weighted by Crippen LogP contribution is -2.17. The van der Waals surface area contributed by atoms with Crippen LogP contribution in [-0.4, -0.2) is 35.1 Å². The molecule has 0 amide bonds. The van der Waals surface area contributed by atoms with Gasteiger partial charge in [0, 0.05) is 6.61 Å². The van der Waals surface area contributed by atoms with Crippen molar-refractivity contribution in [2.24, 2.45) is 0 Å². The molecule has 0 aliphatic carbocycles. The van der Waals surface area contributed by atoms with E-state index >= 15 is 0 Å². The van der Waals surface area contributed by atoms with Crippen molar-refractivity contribution >= 4 is 0 Å². The van der Waals surface area contributed by atoms with Gasteiger partial charge in [-0.3, -0.25) is 0 Å². The summed E-state index contributed by atoms with van der Waals surface area (Å²) in [5, 5.41) is 17.5. The first-order chi connectivity index (χ1) is 4.25. The molecule has 1 aliphatic heterocycles. The van der Waals surface area contributed by atoms with Crippen LogP contribution in [0.4, 0.5) is 0 Å². The third-order valence-electron chi connectivity index (χ3n) is 1.56. The predicted molar refractivity (Wildman–Crippen MR) is 32.0 cm³/mol. The summed E-state index contributed by atoms with van der Waals surface area (Å²) in [4.78, 5) is 0. The average Bonchev–Trinajstić information content (AvgIpc) is 2.47. The van der Waals surface area contributed by atoms with Gasteiger partial charge < -0.3 is 14.9 Å². The zero-order chi connectivity index (χ0) is 6.85. The number of hydrogen-bond donors (Lipinski definition) is 2. The summed E-state index contributed by atoms with van der Waals surface area (Å²) in [7, 11) is 0. The Kier molecular flexibility index (Phi) is 2.05. The summed E-state index contributed by atoms with van der Waals surface area (Å²) in [6.07, 6.45) is 0.128. The van der Waals surface area contributed by atoms with Crippen LogP contribution in [0.25, 0.3) is 0 Å². The Morgan fingerprint density at radius 3 is 2.56 bits per heavy atom. The summed E-state index contributed by atoms with van der Waals surface area (Å²) in [6.45, 7) is 1.94. The van der Waals surface area contributed by atoms with Gasteiger partial charge in [0.15, 0.2) is 0 Å². The van der Waals surface area contributed by atoms with Crippen molar-refractivity contribution in [3.63, 3.8) is 0 Å². The number of aliphatic hydroxyl groups excluding tert-OH is 2. The smallest absolute Gasteiger partial charge is 0.110 e. The van der Waals surface area contributed by atoms with E-state index < -0.39 is 6.10 Å². The molecule has 0 spiro atoms. The summed E-state index contributed by atoms with van der Waals surface area (Å²) in [6, 6.07) is 0. The molecule has 54 valence electrons. The van der Waals surface area contributed by atoms with Crippen molar-refractivity contribution in [3.05, 3.63) is 0 Å². The Bertz CT molecular complexity index is 94.3. The second kappa shape index (κ2) is 2.64. The van der Waals surface area contributed by atoms with Gasteiger partial charge in [0.05, 0.1) is 12.2 Å². The maximum atomic E-state index is 9.07. The molecule has 1 saturated heterocycles. The molecule has 3 atom stereocenters.